The van der Waals surface area contributed by atoms with Gasteiger partial charge in [0.2, 0.25) is 0 Å². The molecule has 1 nitrogen and oxygen atoms in total. The number of hydrogen-bond donors (Lipinski definition) is 1. The summed E-state index contributed by atoms with van der Waals surface area (Å²) in [7, 11) is 0. The van der Waals surface area contributed by atoms with E-state index in [-0.39, 0.29) is 0 Å². The number of rotatable bonds is 1. The van der Waals surface area contributed by atoms with Gasteiger partial charge in [-0.1, -0.05) is 13.3 Å². The van der Waals surface area contributed by atoms with E-state index in [2.05, 4.69) is 13.3 Å². The fourth-order valence-corrected chi connectivity index (χ4v) is 1.52. The van der Waals surface area contributed by atoms with E-state index in [0.29, 0.717) is 6.04 Å². The zero-order chi connectivity index (χ0) is 6.69. The van der Waals surface area contributed by atoms with E-state index in [0.717, 1.165) is 5.92 Å². The molecule has 2 atom stereocenters. The molecule has 1 heteroatoms. The second-order valence-corrected chi connectivity index (χ2v) is 2.93. The quantitative estimate of drug-likeness (QED) is 0.569. The molecule has 1 aliphatic rings. The van der Waals surface area contributed by atoms with E-state index in [1.54, 1.807) is 0 Å². The van der Waals surface area contributed by atoms with E-state index in [9.17, 15) is 0 Å². The van der Waals surface area contributed by atoms with Crippen molar-refractivity contribution in [1.82, 2.24) is 0 Å². The fraction of sp³-hybridized carbons (Fsp3) is 0.875. The Balaban J connectivity index is 2.30. The van der Waals surface area contributed by atoms with Gasteiger partial charge in [-0.15, -0.1) is 0 Å². The van der Waals surface area contributed by atoms with Gasteiger partial charge in [-0.25, -0.2) is 0 Å². The lowest BCUT2D eigenvalue weighted by Crippen LogP contribution is -2.32. The van der Waals surface area contributed by atoms with Crippen LogP contribution in [0.15, 0.2) is 0 Å². The van der Waals surface area contributed by atoms with Gasteiger partial charge in [0.05, 0.1) is 0 Å². The molecule has 1 fully saturated rings. The summed E-state index contributed by atoms with van der Waals surface area (Å²) in [6, 6.07) is 0.486. The summed E-state index contributed by atoms with van der Waals surface area (Å²) in [4.78, 5) is 0. The summed E-state index contributed by atoms with van der Waals surface area (Å²) in [6.07, 6.45) is 7.31. The maximum absolute atomic E-state index is 5.87. The highest BCUT2D eigenvalue weighted by molar-refractivity contribution is 4.85. The predicted octanol–water partition coefficient (Wildman–Crippen LogP) is 1.73. The molecule has 1 rings (SSSR count). The molecule has 53 valence electrons. The van der Waals surface area contributed by atoms with Gasteiger partial charge in [-0.05, 0) is 31.6 Å². The normalized spacial score (nSPS) is 36.7. The Bertz CT molecular complexity index is 80.6. The van der Waals surface area contributed by atoms with Gasteiger partial charge in [-0.2, -0.15) is 0 Å². The maximum atomic E-state index is 5.87. The molecule has 0 bridgehead atoms. The van der Waals surface area contributed by atoms with E-state index < -0.39 is 0 Å². The largest absolute Gasteiger partial charge is 0.327 e. The monoisotopic (exact) mass is 126 g/mol. The Morgan fingerprint density at radius 2 is 2.44 bits per heavy atom. The lowest BCUT2D eigenvalue weighted by molar-refractivity contribution is 0.344. The highest BCUT2D eigenvalue weighted by Crippen LogP contribution is 2.24. The average Bonchev–Trinajstić information content (AvgIpc) is 1.89. The van der Waals surface area contributed by atoms with Crippen molar-refractivity contribution in [3.05, 3.63) is 6.42 Å². The Morgan fingerprint density at radius 3 is 2.89 bits per heavy atom. The lowest BCUT2D eigenvalue weighted by Gasteiger charge is -2.26. The fourth-order valence-electron chi connectivity index (χ4n) is 1.52. The summed E-state index contributed by atoms with van der Waals surface area (Å²) in [5.41, 5.74) is 5.87. The Labute approximate surface area is 57.6 Å². The van der Waals surface area contributed by atoms with Crippen LogP contribution in [0.4, 0.5) is 0 Å². The third kappa shape index (κ3) is 1.68. The van der Waals surface area contributed by atoms with Crippen molar-refractivity contribution in [1.29, 1.82) is 0 Å². The van der Waals surface area contributed by atoms with Crippen LogP contribution in [0.3, 0.4) is 0 Å². The Kier molecular flexibility index (Phi) is 2.52. The first-order valence-electron chi connectivity index (χ1n) is 3.92. The highest BCUT2D eigenvalue weighted by atomic mass is 14.7. The molecule has 1 aliphatic carbocycles. The van der Waals surface area contributed by atoms with Crippen molar-refractivity contribution < 1.29 is 0 Å². The summed E-state index contributed by atoms with van der Waals surface area (Å²) in [5.74, 6) is 0.777. The van der Waals surface area contributed by atoms with Crippen molar-refractivity contribution in [2.45, 2.75) is 38.6 Å². The SMILES string of the molecule is CCC1C[CH]CCC1N. The maximum Gasteiger partial charge on any atom is 0.00672 e. The molecule has 0 aliphatic heterocycles. The van der Waals surface area contributed by atoms with E-state index >= 15 is 0 Å². The molecule has 2 unspecified atom stereocenters. The molecular formula is C8H16N. The first kappa shape index (κ1) is 7.07. The average molecular weight is 126 g/mol. The van der Waals surface area contributed by atoms with Gasteiger partial charge in [-0.3, -0.25) is 0 Å². The van der Waals surface area contributed by atoms with Gasteiger partial charge in [0, 0.05) is 6.04 Å². The van der Waals surface area contributed by atoms with Crippen LogP contribution in [0.1, 0.15) is 32.6 Å². The summed E-state index contributed by atoms with van der Waals surface area (Å²) in [6.45, 7) is 2.23. The summed E-state index contributed by atoms with van der Waals surface area (Å²) < 4.78 is 0. The van der Waals surface area contributed by atoms with E-state index in [1.165, 1.54) is 25.7 Å². The Morgan fingerprint density at radius 1 is 1.67 bits per heavy atom. The second-order valence-electron chi connectivity index (χ2n) is 2.93. The molecule has 0 heterocycles. The van der Waals surface area contributed by atoms with Crippen molar-refractivity contribution in [3.63, 3.8) is 0 Å². The minimum atomic E-state index is 0.486. The van der Waals surface area contributed by atoms with Gasteiger partial charge in [0.25, 0.3) is 0 Å². The topological polar surface area (TPSA) is 26.0 Å². The molecule has 1 radical (unpaired) electrons. The smallest absolute Gasteiger partial charge is 0.00672 e. The first-order valence-corrected chi connectivity index (χ1v) is 3.92. The third-order valence-electron chi connectivity index (χ3n) is 2.30. The van der Waals surface area contributed by atoms with Gasteiger partial charge < -0.3 is 5.73 Å². The van der Waals surface area contributed by atoms with Crippen LogP contribution < -0.4 is 5.73 Å². The van der Waals surface area contributed by atoms with Gasteiger partial charge in [0.1, 0.15) is 0 Å². The van der Waals surface area contributed by atoms with Crippen LogP contribution in [0.25, 0.3) is 0 Å². The van der Waals surface area contributed by atoms with Crippen LogP contribution in [-0.4, -0.2) is 6.04 Å². The molecule has 1 saturated carbocycles. The Hall–Kier alpha value is -0.0400. The number of hydrogen-bond acceptors (Lipinski definition) is 1. The minimum Gasteiger partial charge on any atom is -0.327 e. The third-order valence-corrected chi connectivity index (χ3v) is 2.30. The number of nitrogens with two attached hydrogens (primary N) is 1. The molecular weight excluding hydrogens is 110 g/mol. The van der Waals surface area contributed by atoms with Crippen molar-refractivity contribution in [3.8, 4) is 0 Å². The van der Waals surface area contributed by atoms with Crippen LogP contribution in [0.2, 0.25) is 0 Å². The van der Waals surface area contributed by atoms with Crippen molar-refractivity contribution >= 4 is 0 Å². The molecule has 0 amide bonds. The second kappa shape index (κ2) is 3.21. The van der Waals surface area contributed by atoms with Crippen molar-refractivity contribution in [2.24, 2.45) is 11.7 Å². The molecule has 0 aromatic carbocycles. The zero-order valence-corrected chi connectivity index (χ0v) is 6.14. The van der Waals surface area contributed by atoms with Gasteiger partial charge >= 0.3 is 0 Å². The molecule has 0 saturated heterocycles. The summed E-state index contributed by atoms with van der Waals surface area (Å²) >= 11 is 0. The van der Waals surface area contributed by atoms with E-state index in [1.807, 2.05) is 0 Å². The molecule has 2 N–H and O–H groups in total. The van der Waals surface area contributed by atoms with Crippen LogP contribution in [0, 0.1) is 12.3 Å². The molecule has 9 heavy (non-hydrogen) atoms. The van der Waals surface area contributed by atoms with Crippen molar-refractivity contribution in [2.75, 3.05) is 0 Å². The lowest BCUT2D eigenvalue weighted by atomic mass is 9.84. The summed E-state index contributed by atoms with van der Waals surface area (Å²) in [5, 5.41) is 0. The predicted molar refractivity (Wildman–Crippen MR) is 39.9 cm³/mol. The van der Waals surface area contributed by atoms with Gasteiger partial charge in [0.15, 0.2) is 0 Å². The zero-order valence-electron chi connectivity index (χ0n) is 6.14. The van der Waals surface area contributed by atoms with Crippen LogP contribution in [0.5, 0.6) is 0 Å². The van der Waals surface area contributed by atoms with Crippen LogP contribution in [-0.2, 0) is 0 Å². The minimum absolute atomic E-state index is 0.486. The molecule has 0 aromatic rings. The van der Waals surface area contributed by atoms with E-state index in [4.69, 9.17) is 5.73 Å². The first-order chi connectivity index (χ1) is 4.34. The highest BCUT2D eigenvalue weighted by Gasteiger charge is 2.19. The standard InChI is InChI=1S/C8H16N/c1-2-7-5-3-4-6-8(7)9/h3,7-8H,2,4-6,9H2,1H3. The van der Waals surface area contributed by atoms with Crippen LogP contribution >= 0.6 is 0 Å². The molecule has 0 aromatic heterocycles. The molecule has 0 spiro atoms.